The molecule has 0 amide bonds. The van der Waals surface area contributed by atoms with Crippen molar-refractivity contribution in [1.82, 2.24) is 0 Å². The van der Waals surface area contributed by atoms with Crippen molar-refractivity contribution >= 4 is 27.5 Å². The van der Waals surface area contributed by atoms with E-state index in [2.05, 4.69) is 122 Å². The minimum atomic E-state index is -0.100. The van der Waals surface area contributed by atoms with E-state index in [0.717, 1.165) is 80.4 Å². The van der Waals surface area contributed by atoms with Crippen molar-refractivity contribution in [2.75, 3.05) is 20.3 Å². The lowest BCUT2D eigenvalue weighted by atomic mass is 9.81. The smallest absolute Gasteiger partial charge is 0.166 e. The Morgan fingerprint density at radius 2 is 1.12 bits per heavy atom. The minimum absolute atomic E-state index is 0.0422. The van der Waals surface area contributed by atoms with Gasteiger partial charge in [0.15, 0.2) is 11.6 Å². The van der Waals surface area contributed by atoms with Crippen LogP contribution in [0.5, 0.6) is 11.5 Å². The highest BCUT2D eigenvalue weighted by Gasteiger charge is 2.36. The Morgan fingerprint density at radius 1 is 0.714 bits per heavy atom. The van der Waals surface area contributed by atoms with Gasteiger partial charge in [-0.1, -0.05) is 113 Å². The number of fused-ring (bicyclic) bond motifs is 2. The van der Waals surface area contributed by atoms with Crippen molar-refractivity contribution in [1.29, 1.82) is 0 Å². The van der Waals surface area contributed by atoms with E-state index in [0.29, 0.717) is 25.0 Å². The standard InChI is InChI=1S/C24H30O2.C18H25BrO2.CH4O/c1-15(2)14-26-23-20(24(4,5)6)13-19-18(12-16(3)22(19)25)21(23)17-10-8-7-9-11-17;1-10(2)9-21-17-14(18(4,5)6)8-13-12(15(17)19)7-11(3)16(13)20;1-2/h7-11,13,15-16H,12,14H2,1-6H3;8,10-11H,7,9H2,1-6H3;2H,1H3. The number of ketones is 2. The summed E-state index contributed by atoms with van der Waals surface area (Å²) in [5.41, 5.74) is 8.35. The van der Waals surface area contributed by atoms with Crippen LogP contribution in [0.1, 0.15) is 126 Å². The molecule has 2 atom stereocenters. The van der Waals surface area contributed by atoms with E-state index in [1.165, 1.54) is 0 Å². The van der Waals surface area contributed by atoms with E-state index in [9.17, 15) is 9.59 Å². The van der Waals surface area contributed by atoms with Crippen molar-refractivity contribution in [3.63, 3.8) is 0 Å². The first-order valence-corrected chi connectivity index (χ1v) is 18.5. The summed E-state index contributed by atoms with van der Waals surface area (Å²) in [5, 5.41) is 7.00. The fraction of sp³-hybridized carbons (Fsp3) is 0.535. The van der Waals surface area contributed by atoms with Crippen LogP contribution in [0, 0.1) is 23.7 Å². The van der Waals surface area contributed by atoms with Crippen LogP contribution in [0.15, 0.2) is 46.9 Å². The molecule has 2 unspecified atom stereocenters. The number of aliphatic hydroxyl groups is 1. The molecule has 268 valence electrons. The first kappa shape index (κ1) is 40.5. The Bertz CT molecular complexity index is 1620. The van der Waals surface area contributed by atoms with Gasteiger partial charge in [0.2, 0.25) is 0 Å². The quantitative estimate of drug-likeness (QED) is 0.262. The summed E-state index contributed by atoms with van der Waals surface area (Å²) in [4.78, 5) is 25.1. The van der Waals surface area contributed by atoms with Crippen LogP contribution in [-0.2, 0) is 23.7 Å². The van der Waals surface area contributed by atoms with Crippen LogP contribution in [0.25, 0.3) is 11.1 Å². The van der Waals surface area contributed by atoms with Gasteiger partial charge in [0, 0.05) is 46.8 Å². The molecule has 0 aromatic heterocycles. The lowest BCUT2D eigenvalue weighted by molar-refractivity contribution is 0.0938. The summed E-state index contributed by atoms with van der Waals surface area (Å²) in [6.07, 6.45) is 1.60. The number of halogens is 1. The first-order chi connectivity index (χ1) is 22.8. The van der Waals surface area contributed by atoms with Gasteiger partial charge in [-0.3, -0.25) is 9.59 Å². The highest BCUT2D eigenvalue weighted by Crippen LogP contribution is 2.47. The lowest BCUT2D eigenvalue weighted by Gasteiger charge is -2.27. The molecular weight excluding hydrogens is 676 g/mol. The van der Waals surface area contributed by atoms with Crippen molar-refractivity contribution in [2.45, 2.75) is 107 Å². The van der Waals surface area contributed by atoms with Crippen molar-refractivity contribution in [3.8, 4) is 22.6 Å². The SMILES string of the molecule is CC(C)COc1c(C(C)(C)C)cc2c(c1-c1ccccc1)CC(C)C2=O.CC(C)COc1c(C(C)(C)C)cc2c(c1Br)CC(C)C2=O.CO. The Morgan fingerprint density at radius 3 is 1.57 bits per heavy atom. The monoisotopic (exact) mass is 734 g/mol. The molecule has 3 aromatic carbocycles. The van der Waals surface area contributed by atoms with Gasteiger partial charge in [0.1, 0.15) is 11.5 Å². The topological polar surface area (TPSA) is 72.8 Å². The van der Waals surface area contributed by atoms with Crippen LogP contribution in [0.4, 0.5) is 0 Å². The first-order valence-electron chi connectivity index (χ1n) is 17.7. The van der Waals surface area contributed by atoms with Gasteiger partial charge in [0.05, 0.1) is 17.7 Å². The average Bonchev–Trinajstić information content (AvgIpc) is 3.48. The zero-order valence-electron chi connectivity index (χ0n) is 32.1. The molecule has 5 rings (SSSR count). The Hall–Kier alpha value is -2.96. The van der Waals surface area contributed by atoms with Gasteiger partial charge < -0.3 is 14.6 Å². The van der Waals surface area contributed by atoms with Gasteiger partial charge in [0.25, 0.3) is 0 Å². The zero-order chi connectivity index (χ0) is 37.0. The second kappa shape index (κ2) is 16.4. The van der Waals surface area contributed by atoms with E-state index in [1.807, 2.05) is 19.9 Å². The maximum Gasteiger partial charge on any atom is 0.166 e. The second-order valence-electron chi connectivity index (χ2n) is 16.5. The normalized spacial score (nSPS) is 16.9. The zero-order valence-corrected chi connectivity index (χ0v) is 33.7. The van der Waals surface area contributed by atoms with Gasteiger partial charge in [-0.15, -0.1) is 0 Å². The molecule has 0 saturated carbocycles. The summed E-state index contributed by atoms with van der Waals surface area (Å²) >= 11 is 3.70. The fourth-order valence-electron chi connectivity index (χ4n) is 6.37. The molecular formula is C43H59BrO5. The predicted octanol–water partition coefficient (Wildman–Crippen LogP) is 10.8. The highest BCUT2D eigenvalue weighted by molar-refractivity contribution is 9.10. The number of carbonyl (C=O) groups excluding carboxylic acids is 2. The third kappa shape index (κ3) is 9.24. The summed E-state index contributed by atoms with van der Waals surface area (Å²) < 4.78 is 13.5. The molecule has 0 spiro atoms. The second-order valence-corrected chi connectivity index (χ2v) is 17.3. The molecule has 3 aromatic rings. The average molecular weight is 736 g/mol. The van der Waals surface area contributed by atoms with Crippen molar-refractivity contribution in [3.05, 3.63) is 80.3 Å². The van der Waals surface area contributed by atoms with E-state index < -0.39 is 0 Å². The van der Waals surface area contributed by atoms with Crippen LogP contribution in [0.2, 0.25) is 0 Å². The van der Waals surface area contributed by atoms with Crippen LogP contribution in [0.3, 0.4) is 0 Å². The number of benzene rings is 3. The molecule has 1 N–H and O–H groups in total. The van der Waals surface area contributed by atoms with E-state index in [-0.39, 0.29) is 34.2 Å². The van der Waals surface area contributed by atoms with E-state index in [4.69, 9.17) is 14.6 Å². The van der Waals surface area contributed by atoms with Gasteiger partial charge in [-0.2, -0.15) is 0 Å². The molecule has 0 aliphatic heterocycles. The van der Waals surface area contributed by atoms with Crippen molar-refractivity contribution in [2.24, 2.45) is 23.7 Å². The van der Waals surface area contributed by atoms with Gasteiger partial charge >= 0.3 is 0 Å². The third-order valence-corrected chi connectivity index (χ3v) is 9.80. The summed E-state index contributed by atoms with van der Waals surface area (Å²) in [5.74, 6) is 3.42. The maximum absolute atomic E-state index is 12.8. The fourth-order valence-corrected chi connectivity index (χ4v) is 7.07. The van der Waals surface area contributed by atoms with Gasteiger partial charge in [-0.25, -0.2) is 0 Å². The molecule has 2 aliphatic carbocycles. The molecule has 0 saturated heterocycles. The number of aliphatic hydroxyl groups excluding tert-OH is 1. The molecule has 0 heterocycles. The summed E-state index contributed by atoms with van der Waals surface area (Å²) in [6, 6.07) is 14.5. The van der Waals surface area contributed by atoms with Gasteiger partial charge in [-0.05, 0) is 80.3 Å². The lowest BCUT2D eigenvalue weighted by Crippen LogP contribution is -2.17. The minimum Gasteiger partial charge on any atom is -0.492 e. The predicted molar refractivity (Wildman–Crippen MR) is 207 cm³/mol. The Labute approximate surface area is 304 Å². The molecule has 0 bridgehead atoms. The van der Waals surface area contributed by atoms with Crippen LogP contribution in [-0.4, -0.2) is 37.0 Å². The maximum atomic E-state index is 12.8. The summed E-state index contributed by atoms with van der Waals surface area (Å²) in [6.45, 7) is 27.0. The molecule has 0 radical (unpaired) electrons. The molecule has 5 nitrogen and oxygen atoms in total. The highest BCUT2D eigenvalue weighted by atomic mass is 79.9. The molecule has 2 aliphatic rings. The number of Topliss-reactive ketones (excluding diaryl/α,β-unsaturated/α-hetero) is 2. The van der Waals surface area contributed by atoms with Crippen molar-refractivity contribution < 1.29 is 24.2 Å². The van der Waals surface area contributed by atoms with Crippen LogP contribution < -0.4 is 9.47 Å². The number of rotatable bonds is 7. The molecule has 6 heteroatoms. The Kier molecular flexibility index (Phi) is 13.5. The number of carbonyl (C=O) groups is 2. The molecule has 0 fully saturated rings. The van der Waals surface area contributed by atoms with Crippen LogP contribution >= 0.6 is 15.9 Å². The van der Waals surface area contributed by atoms with E-state index in [1.54, 1.807) is 0 Å². The molecule has 49 heavy (non-hydrogen) atoms. The van der Waals surface area contributed by atoms with E-state index >= 15 is 0 Å². The summed E-state index contributed by atoms with van der Waals surface area (Å²) in [7, 11) is 1.00. The number of ether oxygens (including phenoxy) is 2. The number of hydrogen-bond donors (Lipinski definition) is 1. The third-order valence-electron chi connectivity index (χ3n) is 8.96. The largest absolute Gasteiger partial charge is 0.492 e. The Balaban J connectivity index is 0.000000258. The number of hydrogen-bond acceptors (Lipinski definition) is 5.